The van der Waals surface area contributed by atoms with Crippen molar-refractivity contribution in [2.24, 2.45) is 0 Å². The van der Waals surface area contributed by atoms with Crippen LogP contribution in [0.4, 0.5) is 5.95 Å². The van der Waals surface area contributed by atoms with Crippen molar-refractivity contribution >= 4 is 5.95 Å². The highest BCUT2D eigenvalue weighted by atomic mass is 16.3. The summed E-state index contributed by atoms with van der Waals surface area (Å²) in [4.78, 5) is 11.5. The molecule has 0 aromatic carbocycles. The van der Waals surface area contributed by atoms with E-state index in [9.17, 15) is 20.4 Å². The number of nitrogen functional groups attached to an aromatic ring is 1. The molecule has 0 fully saturated rings. The van der Waals surface area contributed by atoms with Crippen LogP contribution in [0.5, 0.6) is 23.5 Å². The van der Waals surface area contributed by atoms with Gasteiger partial charge in [0.25, 0.3) is 0 Å². The van der Waals surface area contributed by atoms with Gasteiger partial charge >= 0.3 is 0 Å². The van der Waals surface area contributed by atoms with Crippen LogP contribution in [0.3, 0.4) is 0 Å². The Kier molecular flexibility index (Phi) is 2.58. The van der Waals surface area contributed by atoms with Crippen LogP contribution >= 0.6 is 0 Å². The van der Waals surface area contributed by atoms with E-state index in [-0.39, 0.29) is 41.4 Å². The molecule has 0 aliphatic heterocycles. The summed E-state index contributed by atoms with van der Waals surface area (Å²) in [6.45, 7) is 0. The Morgan fingerprint density at radius 1 is 0.667 bits per heavy atom. The van der Waals surface area contributed by atoms with Crippen LogP contribution in [0.1, 0.15) is 0 Å². The van der Waals surface area contributed by atoms with Crippen LogP contribution in [0.15, 0.2) is 24.3 Å². The largest absolute Gasteiger partial charge is 0.494 e. The van der Waals surface area contributed by atoms with E-state index in [0.717, 1.165) is 9.13 Å². The van der Waals surface area contributed by atoms with Crippen molar-refractivity contribution in [3.05, 3.63) is 24.3 Å². The standard InChI is InChI=1S/C11H10N6O4/c12-9-13-10(16-5(18)1-2-6(16)19)15-11(14-9)17-7(20)3-4-8(17)21/h1-4,18-21H,(H2,12,13,14,15). The lowest BCUT2D eigenvalue weighted by Gasteiger charge is -2.09. The summed E-state index contributed by atoms with van der Waals surface area (Å²) < 4.78 is 1.83. The first-order chi connectivity index (χ1) is 9.97. The van der Waals surface area contributed by atoms with Crippen molar-refractivity contribution in [1.29, 1.82) is 0 Å². The fraction of sp³-hybridized carbons (Fsp3) is 0. The van der Waals surface area contributed by atoms with Crippen LogP contribution in [0, 0.1) is 0 Å². The molecule has 108 valence electrons. The van der Waals surface area contributed by atoms with Gasteiger partial charge in [-0.2, -0.15) is 15.0 Å². The highest BCUT2D eigenvalue weighted by Gasteiger charge is 2.17. The SMILES string of the molecule is Nc1nc(-n2c(O)ccc2O)nc(-n2c(O)ccc2O)n1. The number of hydrogen-bond donors (Lipinski definition) is 5. The van der Waals surface area contributed by atoms with E-state index >= 15 is 0 Å². The Balaban J connectivity index is 2.23. The van der Waals surface area contributed by atoms with Gasteiger partial charge in [-0.3, -0.25) is 0 Å². The molecule has 0 aliphatic carbocycles. The summed E-state index contributed by atoms with van der Waals surface area (Å²) >= 11 is 0. The smallest absolute Gasteiger partial charge is 0.246 e. The molecule has 6 N–H and O–H groups in total. The predicted molar refractivity (Wildman–Crippen MR) is 69.6 cm³/mol. The van der Waals surface area contributed by atoms with Gasteiger partial charge in [0, 0.05) is 24.3 Å². The lowest BCUT2D eigenvalue weighted by atomic mass is 10.6. The Morgan fingerprint density at radius 3 is 1.33 bits per heavy atom. The second-order valence-corrected chi connectivity index (χ2v) is 4.06. The monoisotopic (exact) mass is 290 g/mol. The molecule has 10 nitrogen and oxygen atoms in total. The maximum Gasteiger partial charge on any atom is 0.246 e. The molecule has 21 heavy (non-hydrogen) atoms. The van der Waals surface area contributed by atoms with Gasteiger partial charge in [-0.15, -0.1) is 0 Å². The van der Waals surface area contributed by atoms with E-state index in [1.54, 1.807) is 0 Å². The Morgan fingerprint density at radius 2 is 1.00 bits per heavy atom. The first-order valence-corrected chi connectivity index (χ1v) is 5.69. The van der Waals surface area contributed by atoms with Crippen LogP contribution < -0.4 is 5.73 Å². The molecule has 3 heterocycles. The number of hydrogen-bond acceptors (Lipinski definition) is 8. The van der Waals surface area contributed by atoms with Crippen LogP contribution in [0.2, 0.25) is 0 Å². The van der Waals surface area contributed by atoms with Crippen molar-refractivity contribution in [3.63, 3.8) is 0 Å². The molecule has 0 aliphatic rings. The van der Waals surface area contributed by atoms with E-state index in [0.29, 0.717) is 0 Å². The van der Waals surface area contributed by atoms with Gasteiger partial charge < -0.3 is 26.2 Å². The zero-order valence-corrected chi connectivity index (χ0v) is 10.4. The summed E-state index contributed by atoms with van der Waals surface area (Å²) in [5.74, 6) is -1.84. The van der Waals surface area contributed by atoms with E-state index < -0.39 is 0 Å². The number of anilines is 1. The van der Waals surface area contributed by atoms with Crippen molar-refractivity contribution in [2.75, 3.05) is 5.73 Å². The van der Waals surface area contributed by atoms with Crippen molar-refractivity contribution in [2.45, 2.75) is 0 Å². The summed E-state index contributed by atoms with van der Waals surface area (Å²) in [5, 5.41) is 38.6. The van der Waals surface area contributed by atoms with Crippen LogP contribution in [-0.2, 0) is 0 Å². The predicted octanol–water partition coefficient (Wildman–Crippen LogP) is -0.142. The molecule has 0 saturated heterocycles. The fourth-order valence-electron chi connectivity index (χ4n) is 1.81. The van der Waals surface area contributed by atoms with Gasteiger partial charge in [-0.1, -0.05) is 0 Å². The summed E-state index contributed by atoms with van der Waals surface area (Å²) in [5.41, 5.74) is 5.56. The Bertz CT molecular complexity index is 721. The molecule has 0 saturated carbocycles. The van der Waals surface area contributed by atoms with Crippen LogP contribution in [0.25, 0.3) is 11.9 Å². The topological polar surface area (TPSA) is 155 Å². The summed E-state index contributed by atoms with van der Waals surface area (Å²) in [6.07, 6.45) is 0. The first kappa shape index (κ1) is 12.6. The maximum atomic E-state index is 9.66. The molecule has 0 radical (unpaired) electrons. The molecule has 3 aromatic heterocycles. The third-order valence-corrected chi connectivity index (χ3v) is 2.71. The van der Waals surface area contributed by atoms with Gasteiger partial charge in [0.1, 0.15) is 0 Å². The molecule has 3 aromatic rings. The number of nitrogens with zero attached hydrogens (tertiary/aromatic N) is 5. The second kappa shape index (κ2) is 4.30. The minimum Gasteiger partial charge on any atom is -0.494 e. The summed E-state index contributed by atoms with van der Waals surface area (Å²) in [7, 11) is 0. The highest BCUT2D eigenvalue weighted by molar-refractivity contribution is 5.40. The third kappa shape index (κ3) is 1.94. The number of aromatic hydroxyl groups is 4. The minimum atomic E-state index is -0.315. The van der Waals surface area contributed by atoms with E-state index in [1.807, 2.05) is 0 Å². The van der Waals surface area contributed by atoms with Crippen molar-refractivity contribution < 1.29 is 20.4 Å². The van der Waals surface area contributed by atoms with Crippen LogP contribution in [-0.4, -0.2) is 44.5 Å². The number of nitrogens with two attached hydrogens (primary N) is 1. The molecule has 0 atom stereocenters. The molecule has 0 unspecified atom stereocenters. The zero-order chi connectivity index (χ0) is 15.1. The fourth-order valence-corrected chi connectivity index (χ4v) is 1.81. The van der Waals surface area contributed by atoms with Crippen molar-refractivity contribution in [1.82, 2.24) is 24.1 Å². The molecule has 10 heteroatoms. The van der Waals surface area contributed by atoms with Gasteiger partial charge in [-0.25, -0.2) is 9.13 Å². The lowest BCUT2D eigenvalue weighted by Crippen LogP contribution is -2.10. The quantitative estimate of drug-likeness (QED) is 0.436. The Hall–Kier alpha value is -3.43. The second-order valence-electron chi connectivity index (χ2n) is 4.06. The molecule has 0 amide bonds. The normalized spacial score (nSPS) is 10.9. The average Bonchev–Trinajstić information content (AvgIpc) is 2.92. The minimum absolute atomic E-state index is 0.176. The maximum absolute atomic E-state index is 9.66. The molecular weight excluding hydrogens is 280 g/mol. The molecule has 0 bridgehead atoms. The van der Waals surface area contributed by atoms with Gasteiger partial charge in [0.2, 0.25) is 41.4 Å². The van der Waals surface area contributed by atoms with E-state index in [1.165, 1.54) is 24.3 Å². The average molecular weight is 290 g/mol. The van der Waals surface area contributed by atoms with Gasteiger partial charge in [0.15, 0.2) is 0 Å². The molecule has 0 spiro atoms. The van der Waals surface area contributed by atoms with Gasteiger partial charge in [-0.05, 0) is 0 Å². The number of rotatable bonds is 2. The first-order valence-electron chi connectivity index (χ1n) is 5.69. The summed E-state index contributed by atoms with van der Waals surface area (Å²) in [6, 6.07) is 4.94. The lowest BCUT2D eigenvalue weighted by molar-refractivity contribution is 0.394. The van der Waals surface area contributed by atoms with Gasteiger partial charge in [0.05, 0.1) is 0 Å². The zero-order valence-electron chi connectivity index (χ0n) is 10.4. The van der Waals surface area contributed by atoms with E-state index in [2.05, 4.69) is 15.0 Å². The highest BCUT2D eigenvalue weighted by Crippen LogP contribution is 2.27. The molecular formula is C11H10N6O4. The third-order valence-electron chi connectivity index (χ3n) is 2.71. The van der Waals surface area contributed by atoms with E-state index in [4.69, 9.17) is 5.73 Å². The molecule has 3 rings (SSSR count). The number of aromatic nitrogens is 5. The van der Waals surface area contributed by atoms with Crippen molar-refractivity contribution in [3.8, 4) is 35.4 Å². The Labute approximate surface area is 117 Å².